The minimum atomic E-state index is -0.0353. The summed E-state index contributed by atoms with van der Waals surface area (Å²) in [7, 11) is 0. The summed E-state index contributed by atoms with van der Waals surface area (Å²) in [5.41, 5.74) is 3.12. The molecular weight excluding hydrogens is 318 g/mol. The van der Waals surface area contributed by atoms with E-state index in [1.807, 2.05) is 65.4 Å². The number of para-hydroxylation sites is 1. The van der Waals surface area contributed by atoms with Crippen molar-refractivity contribution in [1.29, 1.82) is 0 Å². The van der Waals surface area contributed by atoms with Gasteiger partial charge in [0.15, 0.2) is 5.16 Å². The molecule has 1 aromatic heterocycles. The molecule has 0 unspecified atom stereocenters. The lowest BCUT2D eigenvalue weighted by atomic mass is 10.1. The van der Waals surface area contributed by atoms with Crippen molar-refractivity contribution >= 4 is 23.4 Å². The van der Waals surface area contributed by atoms with Crippen molar-refractivity contribution in [2.45, 2.75) is 18.5 Å². The van der Waals surface area contributed by atoms with E-state index in [1.54, 1.807) is 6.20 Å². The van der Waals surface area contributed by atoms with Crippen molar-refractivity contribution in [2.75, 3.05) is 11.1 Å². The van der Waals surface area contributed by atoms with Gasteiger partial charge in [-0.3, -0.25) is 9.36 Å². The number of thioether (sulfide) groups is 1. The van der Waals surface area contributed by atoms with Crippen LogP contribution in [0.2, 0.25) is 0 Å². The minimum absolute atomic E-state index is 0.0353. The number of amides is 1. The van der Waals surface area contributed by atoms with E-state index in [4.69, 9.17) is 0 Å². The van der Waals surface area contributed by atoms with Gasteiger partial charge in [-0.05, 0) is 36.2 Å². The highest BCUT2D eigenvalue weighted by Gasteiger charge is 2.09. The summed E-state index contributed by atoms with van der Waals surface area (Å²) in [4.78, 5) is 16.5. The van der Waals surface area contributed by atoms with Crippen molar-refractivity contribution < 1.29 is 4.79 Å². The Labute approximate surface area is 145 Å². The summed E-state index contributed by atoms with van der Waals surface area (Å²) in [6.07, 6.45) is 4.64. The highest BCUT2D eigenvalue weighted by atomic mass is 32.2. The normalized spacial score (nSPS) is 10.5. The van der Waals surface area contributed by atoms with E-state index in [0.717, 1.165) is 23.0 Å². The Morgan fingerprint density at radius 1 is 1.12 bits per heavy atom. The fourth-order valence-electron chi connectivity index (χ4n) is 2.33. The smallest absolute Gasteiger partial charge is 0.234 e. The Kier molecular flexibility index (Phi) is 5.33. The number of carbonyl (C=O) groups is 1. The van der Waals surface area contributed by atoms with E-state index in [1.165, 1.54) is 17.3 Å². The summed E-state index contributed by atoms with van der Waals surface area (Å²) in [5, 5.41) is 3.72. The average molecular weight is 337 g/mol. The van der Waals surface area contributed by atoms with Gasteiger partial charge in [-0.25, -0.2) is 4.98 Å². The number of nitrogens with one attached hydrogen (secondary N) is 1. The first-order chi connectivity index (χ1) is 11.8. The second kappa shape index (κ2) is 7.84. The van der Waals surface area contributed by atoms with Gasteiger partial charge in [0.25, 0.3) is 0 Å². The van der Waals surface area contributed by atoms with Gasteiger partial charge in [0.2, 0.25) is 5.91 Å². The molecule has 0 aliphatic heterocycles. The van der Waals surface area contributed by atoms with Gasteiger partial charge in [-0.1, -0.05) is 49.0 Å². The minimum Gasteiger partial charge on any atom is -0.325 e. The number of hydrogen-bond donors (Lipinski definition) is 1. The van der Waals surface area contributed by atoms with Crippen LogP contribution in [0.5, 0.6) is 0 Å². The third-order valence-electron chi connectivity index (χ3n) is 3.62. The molecule has 1 heterocycles. The van der Waals surface area contributed by atoms with Crippen molar-refractivity contribution in [1.82, 2.24) is 9.55 Å². The van der Waals surface area contributed by atoms with Crippen LogP contribution in [0.3, 0.4) is 0 Å². The van der Waals surface area contributed by atoms with E-state index >= 15 is 0 Å². The fraction of sp³-hybridized carbons (Fsp3) is 0.158. The average Bonchev–Trinajstić information content (AvgIpc) is 3.10. The van der Waals surface area contributed by atoms with Crippen LogP contribution in [0.4, 0.5) is 5.69 Å². The summed E-state index contributed by atoms with van der Waals surface area (Å²) in [6, 6.07) is 17.9. The van der Waals surface area contributed by atoms with E-state index in [0.29, 0.717) is 5.75 Å². The van der Waals surface area contributed by atoms with Gasteiger partial charge < -0.3 is 5.32 Å². The largest absolute Gasteiger partial charge is 0.325 e. The standard InChI is InChI=1S/C19H19N3OS/c1-2-15-8-10-16(11-9-15)21-18(23)14-24-19-20-12-13-22(19)17-6-4-3-5-7-17/h3-13H,2,14H2,1H3,(H,21,23). The molecule has 1 amide bonds. The maximum atomic E-state index is 12.1. The first kappa shape index (κ1) is 16.3. The number of nitrogens with zero attached hydrogens (tertiary/aromatic N) is 2. The number of anilines is 1. The van der Waals surface area contributed by atoms with E-state index in [2.05, 4.69) is 17.2 Å². The molecule has 0 atom stereocenters. The zero-order chi connectivity index (χ0) is 16.8. The summed E-state index contributed by atoms with van der Waals surface area (Å²) in [6.45, 7) is 2.11. The SMILES string of the molecule is CCc1ccc(NC(=O)CSc2nccn2-c2ccccc2)cc1. The molecule has 5 heteroatoms. The van der Waals surface area contributed by atoms with Crippen molar-refractivity contribution in [3.8, 4) is 5.69 Å². The first-order valence-electron chi connectivity index (χ1n) is 7.86. The number of aromatic nitrogens is 2. The van der Waals surface area contributed by atoms with Gasteiger partial charge in [-0.15, -0.1) is 0 Å². The molecule has 4 nitrogen and oxygen atoms in total. The first-order valence-corrected chi connectivity index (χ1v) is 8.85. The van der Waals surface area contributed by atoms with Crippen molar-refractivity contribution in [2.24, 2.45) is 0 Å². The Morgan fingerprint density at radius 2 is 1.88 bits per heavy atom. The third kappa shape index (κ3) is 4.06. The number of aryl methyl sites for hydroxylation is 1. The van der Waals surface area contributed by atoms with Crippen LogP contribution >= 0.6 is 11.8 Å². The molecular formula is C19H19N3OS. The Hall–Kier alpha value is -2.53. The maximum Gasteiger partial charge on any atom is 0.234 e. The number of hydrogen-bond acceptors (Lipinski definition) is 3. The monoisotopic (exact) mass is 337 g/mol. The summed E-state index contributed by atoms with van der Waals surface area (Å²) in [5.74, 6) is 0.284. The molecule has 1 N–H and O–H groups in total. The van der Waals surface area contributed by atoms with Crippen LogP contribution in [0.25, 0.3) is 5.69 Å². The van der Waals surface area contributed by atoms with E-state index < -0.39 is 0 Å². The molecule has 0 saturated heterocycles. The van der Waals surface area contributed by atoms with Crippen molar-refractivity contribution in [3.63, 3.8) is 0 Å². The molecule has 24 heavy (non-hydrogen) atoms. The highest BCUT2D eigenvalue weighted by molar-refractivity contribution is 7.99. The lowest BCUT2D eigenvalue weighted by Crippen LogP contribution is -2.14. The molecule has 0 saturated carbocycles. The molecule has 0 spiro atoms. The third-order valence-corrected chi connectivity index (χ3v) is 4.59. The second-order valence-corrected chi connectivity index (χ2v) is 6.25. The van der Waals surface area contributed by atoms with Crippen LogP contribution in [-0.4, -0.2) is 21.2 Å². The predicted molar refractivity (Wildman–Crippen MR) is 98.7 cm³/mol. The van der Waals surface area contributed by atoms with Crippen LogP contribution in [-0.2, 0) is 11.2 Å². The zero-order valence-corrected chi connectivity index (χ0v) is 14.3. The van der Waals surface area contributed by atoms with Crippen LogP contribution < -0.4 is 5.32 Å². The Morgan fingerprint density at radius 3 is 2.58 bits per heavy atom. The predicted octanol–water partition coefficient (Wildman–Crippen LogP) is 4.17. The Bertz CT molecular complexity index is 797. The molecule has 0 fully saturated rings. The van der Waals surface area contributed by atoms with Gasteiger partial charge in [-0.2, -0.15) is 0 Å². The maximum absolute atomic E-state index is 12.1. The number of rotatable bonds is 6. The van der Waals surface area contributed by atoms with Crippen LogP contribution in [0, 0.1) is 0 Å². The van der Waals surface area contributed by atoms with E-state index in [-0.39, 0.29) is 5.91 Å². The topological polar surface area (TPSA) is 46.9 Å². The van der Waals surface area contributed by atoms with Crippen molar-refractivity contribution in [3.05, 3.63) is 72.6 Å². The van der Waals surface area contributed by atoms with E-state index in [9.17, 15) is 4.79 Å². The quantitative estimate of drug-likeness (QED) is 0.687. The molecule has 0 bridgehead atoms. The molecule has 3 rings (SSSR count). The summed E-state index contributed by atoms with van der Waals surface area (Å²) < 4.78 is 1.98. The van der Waals surface area contributed by atoms with Crippen LogP contribution in [0.1, 0.15) is 12.5 Å². The lowest BCUT2D eigenvalue weighted by Gasteiger charge is -2.08. The molecule has 122 valence electrons. The number of imidazole rings is 1. The van der Waals surface area contributed by atoms with Crippen LogP contribution in [0.15, 0.2) is 72.1 Å². The van der Waals surface area contributed by atoms with Gasteiger partial charge >= 0.3 is 0 Å². The molecule has 0 radical (unpaired) electrons. The van der Waals surface area contributed by atoms with Gasteiger partial charge in [0, 0.05) is 23.8 Å². The van der Waals surface area contributed by atoms with Gasteiger partial charge in [0.05, 0.1) is 5.75 Å². The highest BCUT2D eigenvalue weighted by Crippen LogP contribution is 2.20. The molecule has 0 aliphatic rings. The lowest BCUT2D eigenvalue weighted by molar-refractivity contribution is -0.113. The van der Waals surface area contributed by atoms with Gasteiger partial charge in [0.1, 0.15) is 0 Å². The zero-order valence-electron chi connectivity index (χ0n) is 13.5. The number of benzene rings is 2. The number of carbonyl (C=O) groups excluding carboxylic acids is 1. The molecule has 0 aliphatic carbocycles. The fourth-order valence-corrected chi connectivity index (χ4v) is 3.11. The Balaban J connectivity index is 1.60. The second-order valence-electron chi connectivity index (χ2n) is 5.30. The molecule has 3 aromatic rings. The molecule has 2 aromatic carbocycles. The summed E-state index contributed by atoms with van der Waals surface area (Å²) >= 11 is 1.42.